The molecule has 0 aromatic carbocycles. The zero-order valence-corrected chi connectivity index (χ0v) is 11.9. The molecule has 0 aliphatic carbocycles. The molecule has 2 heterocycles. The van der Waals surface area contributed by atoms with E-state index in [1.165, 1.54) is 0 Å². The maximum atomic E-state index is 12.2. The molecule has 0 radical (unpaired) electrons. The minimum absolute atomic E-state index is 0.00159. The number of nitrogens with zero attached hydrogens (tertiary/aromatic N) is 3. The van der Waals surface area contributed by atoms with E-state index in [4.69, 9.17) is 5.73 Å². The van der Waals surface area contributed by atoms with Crippen molar-refractivity contribution in [2.24, 2.45) is 5.92 Å². The largest absolute Gasteiger partial charge is 0.379 e. The van der Waals surface area contributed by atoms with E-state index in [0.717, 1.165) is 19.1 Å². The summed E-state index contributed by atoms with van der Waals surface area (Å²) in [7, 11) is -3.22. The zero-order valence-electron chi connectivity index (χ0n) is 11.1. The van der Waals surface area contributed by atoms with Gasteiger partial charge in [-0.25, -0.2) is 17.8 Å². The molecule has 0 bridgehead atoms. The third-order valence-corrected chi connectivity index (χ3v) is 3.85. The highest BCUT2D eigenvalue weighted by Gasteiger charge is 2.28. The first-order chi connectivity index (χ1) is 9.37. The minimum atomic E-state index is -3.22. The molecule has 1 fully saturated rings. The number of carbonyl (C=O) groups is 1. The maximum Gasteiger partial charge on any atom is 0.280 e. The lowest BCUT2D eigenvalue weighted by Crippen LogP contribution is -2.43. The molecule has 1 aliphatic heterocycles. The topological polar surface area (TPSA) is 131 Å². The Labute approximate surface area is 116 Å². The van der Waals surface area contributed by atoms with Crippen molar-refractivity contribution < 1.29 is 17.8 Å². The van der Waals surface area contributed by atoms with E-state index >= 15 is 0 Å². The van der Waals surface area contributed by atoms with Crippen molar-refractivity contribution in [1.29, 1.82) is 0 Å². The predicted molar refractivity (Wildman–Crippen MR) is 70.2 cm³/mol. The molecule has 10 heteroatoms. The number of rotatable bonds is 4. The van der Waals surface area contributed by atoms with E-state index in [9.17, 15) is 13.2 Å². The molecular weight excluding hydrogens is 286 g/mol. The van der Waals surface area contributed by atoms with Crippen LogP contribution in [0.1, 0.15) is 23.3 Å². The normalized spacial score (nSPS) is 20.1. The van der Waals surface area contributed by atoms with Gasteiger partial charge in [0.2, 0.25) is 21.5 Å². The van der Waals surface area contributed by atoms with Crippen molar-refractivity contribution in [3.8, 4) is 0 Å². The number of anilines is 1. The van der Waals surface area contributed by atoms with Crippen molar-refractivity contribution >= 4 is 21.7 Å². The van der Waals surface area contributed by atoms with Gasteiger partial charge in [-0.3, -0.25) is 4.79 Å². The number of hydrogen-bond donors (Lipinski definition) is 2. The van der Waals surface area contributed by atoms with Crippen LogP contribution in [-0.2, 0) is 10.0 Å². The molecular formula is C10H17N5O4S. The van der Waals surface area contributed by atoms with Crippen molar-refractivity contribution in [2.75, 3.05) is 31.6 Å². The van der Waals surface area contributed by atoms with Gasteiger partial charge >= 0.3 is 0 Å². The second-order valence-electron chi connectivity index (χ2n) is 4.88. The van der Waals surface area contributed by atoms with Crippen molar-refractivity contribution in [2.45, 2.75) is 12.8 Å². The SMILES string of the molecule is CS(=O)(=O)NCC1CCCN(C(=O)c2nonc2N)C1. The van der Waals surface area contributed by atoms with Gasteiger partial charge in [-0.2, -0.15) is 0 Å². The van der Waals surface area contributed by atoms with Crippen LogP contribution in [0.25, 0.3) is 0 Å². The van der Waals surface area contributed by atoms with Gasteiger partial charge in [0, 0.05) is 19.6 Å². The van der Waals surface area contributed by atoms with Crippen LogP contribution in [0.2, 0.25) is 0 Å². The Morgan fingerprint density at radius 3 is 2.90 bits per heavy atom. The number of nitrogen functional groups attached to an aromatic ring is 1. The first-order valence-corrected chi connectivity index (χ1v) is 8.08. The Balaban J connectivity index is 1.97. The van der Waals surface area contributed by atoms with Gasteiger partial charge in [0.1, 0.15) is 0 Å². The number of aromatic nitrogens is 2. The molecule has 9 nitrogen and oxygen atoms in total. The summed E-state index contributed by atoms with van der Waals surface area (Å²) in [6.45, 7) is 1.35. The smallest absolute Gasteiger partial charge is 0.280 e. The Morgan fingerprint density at radius 2 is 2.30 bits per heavy atom. The van der Waals surface area contributed by atoms with Crippen LogP contribution < -0.4 is 10.5 Å². The van der Waals surface area contributed by atoms with Crippen molar-refractivity contribution in [1.82, 2.24) is 19.9 Å². The average molecular weight is 303 g/mol. The Kier molecular flexibility index (Phi) is 4.23. The summed E-state index contributed by atoms with van der Waals surface area (Å²) >= 11 is 0. The summed E-state index contributed by atoms with van der Waals surface area (Å²) in [5.74, 6) is -0.303. The summed E-state index contributed by atoms with van der Waals surface area (Å²) < 4.78 is 29.0. The third-order valence-electron chi connectivity index (χ3n) is 3.16. The van der Waals surface area contributed by atoms with Gasteiger partial charge in [0.25, 0.3) is 5.91 Å². The number of carbonyl (C=O) groups excluding carboxylic acids is 1. The van der Waals surface area contributed by atoms with E-state index in [2.05, 4.69) is 19.7 Å². The lowest BCUT2D eigenvalue weighted by atomic mass is 9.98. The Morgan fingerprint density at radius 1 is 1.55 bits per heavy atom. The van der Waals surface area contributed by atoms with E-state index in [1.54, 1.807) is 4.90 Å². The van der Waals surface area contributed by atoms with Crippen LogP contribution in [0.15, 0.2) is 4.63 Å². The highest BCUT2D eigenvalue weighted by molar-refractivity contribution is 7.88. The molecule has 20 heavy (non-hydrogen) atoms. The molecule has 2 rings (SSSR count). The number of nitrogens with one attached hydrogen (secondary N) is 1. The Hall–Kier alpha value is -1.68. The minimum Gasteiger partial charge on any atom is -0.379 e. The van der Waals surface area contributed by atoms with Crippen LogP contribution in [0.5, 0.6) is 0 Å². The first-order valence-electron chi connectivity index (χ1n) is 6.19. The summed E-state index contributed by atoms with van der Waals surface area (Å²) in [6.07, 6.45) is 2.77. The second-order valence-corrected chi connectivity index (χ2v) is 6.71. The quantitative estimate of drug-likeness (QED) is 0.733. The maximum absolute atomic E-state index is 12.2. The molecule has 0 spiro atoms. The van der Waals surface area contributed by atoms with Gasteiger partial charge < -0.3 is 10.6 Å². The van der Waals surface area contributed by atoms with Crippen LogP contribution in [0, 0.1) is 5.92 Å². The number of amides is 1. The van der Waals surface area contributed by atoms with Crippen molar-refractivity contribution in [3.63, 3.8) is 0 Å². The summed E-state index contributed by atoms with van der Waals surface area (Å²) in [5.41, 5.74) is 5.49. The zero-order chi connectivity index (χ0) is 14.8. The molecule has 1 saturated heterocycles. The summed E-state index contributed by atoms with van der Waals surface area (Å²) in [5, 5.41) is 6.86. The van der Waals surface area contributed by atoms with Gasteiger partial charge in [-0.15, -0.1) is 0 Å². The molecule has 1 aliphatic rings. The van der Waals surface area contributed by atoms with Gasteiger partial charge in [0.15, 0.2) is 0 Å². The molecule has 1 aromatic heterocycles. The molecule has 3 N–H and O–H groups in total. The fraction of sp³-hybridized carbons (Fsp3) is 0.700. The van der Waals surface area contributed by atoms with Crippen LogP contribution in [0.3, 0.4) is 0 Å². The number of sulfonamides is 1. The van der Waals surface area contributed by atoms with Gasteiger partial charge in [-0.1, -0.05) is 0 Å². The summed E-state index contributed by atoms with van der Waals surface area (Å²) in [6, 6.07) is 0. The number of piperidine rings is 1. The number of nitrogens with two attached hydrogens (primary N) is 1. The molecule has 112 valence electrons. The van der Waals surface area contributed by atoms with E-state index < -0.39 is 10.0 Å². The second kappa shape index (κ2) is 5.75. The Bertz CT molecular complexity index is 584. The van der Waals surface area contributed by atoms with E-state index in [1.807, 2.05) is 0 Å². The molecule has 0 saturated carbocycles. The standard InChI is InChI=1S/C10H17N5O4S/c1-20(17,18)12-5-7-3-2-4-15(6-7)10(16)8-9(11)14-19-13-8/h7,12H,2-6H2,1H3,(H2,11,14). The molecule has 1 amide bonds. The number of likely N-dealkylation sites (tertiary alicyclic amines) is 1. The van der Waals surface area contributed by atoms with Crippen molar-refractivity contribution in [3.05, 3.63) is 5.69 Å². The van der Waals surface area contributed by atoms with Crippen LogP contribution in [0.4, 0.5) is 5.82 Å². The third kappa shape index (κ3) is 3.67. The molecule has 1 unspecified atom stereocenters. The number of hydrogen-bond acceptors (Lipinski definition) is 7. The van der Waals surface area contributed by atoms with Crippen LogP contribution >= 0.6 is 0 Å². The molecule has 1 atom stereocenters. The fourth-order valence-electron chi connectivity index (χ4n) is 2.18. The highest BCUT2D eigenvalue weighted by Crippen LogP contribution is 2.19. The van der Waals surface area contributed by atoms with Gasteiger partial charge in [0.05, 0.1) is 6.26 Å². The average Bonchev–Trinajstić information content (AvgIpc) is 2.81. The summed E-state index contributed by atoms with van der Waals surface area (Å²) in [4.78, 5) is 13.8. The predicted octanol–water partition coefficient (Wildman–Crippen LogP) is -0.947. The fourth-order valence-corrected chi connectivity index (χ4v) is 2.72. The lowest BCUT2D eigenvalue weighted by molar-refractivity contribution is 0.0666. The highest BCUT2D eigenvalue weighted by atomic mass is 32.2. The first kappa shape index (κ1) is 14.7. The molecule has 1 aromatic rings. The monoisotopic (exact) mass is 303 g/mol. The lowest BCUT2D eigenvalue weighted by Gasteiger charge is -2.32. The van der Waals surface area contributed by atoms with Crippen LogP contribution in [-0.4, -0.2) is 55.4 Å². The van der Waals surface area contributed by atoms with Gasteiger partial charge in [-0.05, 0) is 29.1 Å². The van der Waals surface area contributed by atoms with E-state index in [0.29, 0.717) is 19.6 Å². The van der Waals surface area contributed by atoms with E-state index in [-0.39, 0.29) is 23.3 Å².